The van der Waals surface area contributed by atoms with Crippen molar-refractivity contribution in [2.75, 3.05) is 39.0 Å². The van der Waals surface area contributed by atoms with Crippen molar-refractivity contribution in [2.24, 2.45) is 0 Å². The van der Waals surface area contributed by atoms with Crippen molar-refractivity contribution in [1.82, 2.24) is 30.8 Å². The Kier molecular flexibility index (Phi) is 14.5. The smallest absolute Gasteiger partial charge is 0.408 e. The van der Waals surface area contributed by atoms with Gasteiger partial charge in [0.05, 0.1) is 12.1 Å². The van der Waals surface area contributed by atoms with E-state index >= 15 is 0 Å². The van der Waals surface area contributed by atoms with Gasteiger partial charge in [0.15, 0.2) is 0 Å². The Bertz CT molecular complexity index is 1380. The number of nitrogens with zero attached hydrogens (tertiary/aromatic N) is 3. The minimum atomic E-state index is -5.04. The first-order valence-electron chi connectivity index (χ1n) is 14.8. The van der Waals surface area contributed by atoms with Gasteiger partial charge in [-0.3, -0.25) is 33.4 Å². The first-order valence-corrected chi connectivity index (χ1v) is 18.4. The van der Waals surface area contributed by atoms with Crippen LogP contribution in [0.15, 0.2) is 48.9 Å². The van der Waals surface area contributed by atoms with E-state index in [0.717, 1.165) is 5.56 Å². The maximum atomic E-state index is 13.4. The largest absolute Gasteiger partial charge is 0.480 e. The molecule has 2 unspecified atom stereocenters. The normalized spacial score (nSPS) is 17.8. The van der Waals surface area contributed by atoms with Crippen LogP contribution >= 0.6 is 15.0 Å². The maximum absolute atomic E-state index is 13.4. The van der Waals surface area contributed by atoms with Gasteiger partial charge in [-0.1, -0.05) is 37.3 Å². The van der Waals surface area contributed by atoms with Crippen molar-refractivity contribution in [3.63, 3.8) is 0 Å². The topological polar surface area (TPSA) is 230 Å². The molecule has 46 heavy (non-hydrogen) atoms. The highest BCUT2D eigenvalue weighted by Gasteiger charge is 2.43. The van der Waals surface area contributed by atoms with Crippen molar-refractivity contribution in [1.29, 1.82) is 0 Å². The number of hydrogen-bond donors (Lipinski definition) is 6. The van der Waals surface area contributed by atoms with Gasteiger partial charge in [-0.05, 0) is 25.5 Å². The van der Waals surface area contributed by atoms with E-state index in [4.69, 9.17) is 9.31 Å². The lowest BCUT2D eigenvalue weighted by molar-refractivity contribution is -0.123. The molecule has 0 radical (unpaired) electrons. The summed E-state index contributed by atoms with van der Waals surface area (Å²) in [7, 11) is -10.1. The molecule has 2 aromatic rings. The van der Waals surface area contributed by atoms with E-state index in [1.54, 1.807) is 6.92 Å². The summed E-state index contributed by atoms with van der Waals surface area (Å²) >= 11 is 0. The van der Waals surface area contributed by atoms with Gasteiger partial charge in [0, 0.05) is 57.7 Å². The summed E-state index contributed by atoms with van der Waals surface area (Å²) in [5.41, 5.74) is -1.21. The van der Waals surface area contributed by atoms with Crippen LogP contribution in [-0.4, -0.2) is 111 Å². The van der Waals surface area contributed by atoms with Gasteiger partial charge in [0.25, 0.3) is 5.91 Å². The highest BCUT2D eigenvalue weighted by atomic mass is 31.2. The Labute approximate surface area is 267 Å². The molecule has 2 heterocycles. The predicted octanol–water partition coefficient (Wildman–Crippen LogP) is 0.347. The lowest BCUT2D eigenvalue weighted by atomic mass is 9.79. The molecular weight excluding hydrogens is 641 g/mol. The van der Waals surface area contributed by atoms with Crippen LogP contribution in [0.3, 0.4) is 0 Å². The third kappa shape index (κ3) is 12.0. The fourth-order valence-corrected chi connectivity index (χ4v) is 8.02. The number of aromatic nitrogens is 2. The van der Waals surface area contributed by atoms with Gasteiger partial charge in [-0.15, -0.1) is 0 Å². The molecule has 1 aromatic heterocycles. The Morgan fingerprint density at radius 2 is 1.70 bits per heavy atom. The van der Waals surface area contributed by atoms with Crippen LogP contribution in [0.25, 0.3) is 0 Å². The molecule has 1 saturated heterocycles. The van der Waals surface area contributed by atoms with Crippen LogP contribution in [0.2, 0.25) is 0 Å². The molecule has 3 rings (SSSR count). The molecule has 1 fully saturated rings. The molecular formula is C27H41BN6O10P2. The molecule has 6 N–H and O–H groups in total. The quantitative estimate of drug-likeness (QED) is 0.110. The van der Waals surface area contributed by atoms with E-state index in [9.17, 15) is 38.2 Å². The van der Waals surface area contributed by atoms with Crippen molar-refractivity contribution in [2.45, 2.75) is 50.6 Å². The third-order valence-electron chi connectivity index (χ3n) is 7.18. The van der Waals surface area contributed by atoms with E-state index in [2.05, 4.69) is 20.6 Å². The van der Waals surface area contributed by atoms with Gasteiger partial charge >= 0.3 is 14.7 Å². The summed E-state index contributed by atoms with van der Waals surface area (Å²) in [4.78, 5) is 77.1. The predicted molar refractivity (Wildman–Crippen MR) is 169 cm³/mol. The molecule has 0 bridgehead atoms. The van der Waals surface area contributed by atoms with Crippen LogP contribution < -0.4 is 16.0 Å². The van der Waals surface area contributed by atoms with E-state index in [-0.39, 0.29) is 31.7 Å². The van der Waals surface area contributed by atoms with Gasteiger partial charge in [-0.2, -0.15) is 0 Å². The molecule has 1 aromatic carbocycles. The molecule has 16 nitrogen and oxygen atoms in total. The highest BCUT2D eigenvalue weighted by molar-refractivity contribution is 7.73. The molecule has 0 spiro atoms. The molecule has 3 amide bonds. The Morgan fingerprint density at radius 1 is 1.02 bits per heavy atom. The number of carbonyl (C=O) groups excluding carboxylic acids is 3. The molecule has 19 heteroatoms. The zero-order chi connectivity index (χ0) is 33.7. The second kappa shape index (κ2) is 17.8. The second-order valence-electron chi connectivity index (χ2n) is 10.8. The first-order chi connectivity index (χ1) is 21.8. The zero-order valence-corrected chi connectivity index (χ0v) is 27.5. The van der Waals surface area contributed by atoms with Gasteiger partial charge in [0.1, 0.15) is 11.7 Å². The fourth-order valence-electron chi connectivity index (χ4n) is 4.64. The van der Waals surface area contributed by atoms with Crippen LogP contribution in [0.4, 0.5) is 0 Å². The summed E-state index contributed by atoms with van der Waals surface area (Å²) < 4.78 is 35.6. The average molecular weight is 682 g/mol. The highest BCUT2D eigenvalue weighted by Crippen LogP contribution is 2.60. The SMILES string of the molecule is CCP(=O)(O)C(NC(=O)CCCN1CCOB([C@@H](C)NC(=O)[C@@H](Cc2ccccc2)NC(=O)c2cnccn2)OCC1)P(=O)(O)O. The number of nitrogens with one attached hydrogen (secondary N) is 3. The number of hydrogen-bond acceptors (Lipinski definition) is 10. The molecule has 1 aliphatic rings. The van der Waals surface area contributed by atoms with Gasteiger partial charge in [-0.25, -0.2) is 4.98 Å². The molecule has 0 saturated carbocycles. The molecule has 0 aliphatic carbocycles. The van der Waals surface area contributed by atoms with E-state index < -0.39 is 63.5 Å². The third-order valence-corrected chi connectivity index (χ3v) is 11.7. The summed E-state index contributed by atoms with van der Waals surface area (Å²) in [5.74, 6) is -2.27. The average Bonchev–Trinajstić information content (AvgIpc) is 3.00. The monoisotopic (exact) mass is 682 g/mol. The molecule has 1 aliphatic heterocycles. The summed E-state index contributed by atoms with van der Waals surface area (Å²) in [6.07, 6.45) is 4.20. The van der Waals surface area contributed by atoms with Crippen molar-refractivity contribution < 1.29 is 47.5 Å². The van der Waals surface area contributed by atoms with Crippen LogP contribution in [0.1, 0.15) is 42.7 Å². The van der Waals surface area contributed by atoms with Gasteiger partial charge < -0.3 is 39.9 Å². The number of amides is 3. The van der Waals surface area contributed by atoms with Crippen molar-refractivity contribution in [3.05, 3.63) is 60.2 Å². The van der Waals surface area contributed by atoms with E-state index in [1.165, 1.54) is 25.5 Å². The lowest BCUT2D eigenvalue weighted by Crippen LogP contribution is -2.56. The lowest BCUT2D eigenvalue weighted by Gasteiger charge is -2.30. The Balaban J connectivity index is 1.48. The Hall–Kier alpha value is -3.01. The minimum absolute atomic E-state index is 0.0797. The van der Waals surface area contributed by atoms with Crippen LogP contribution in [0.5, 0.6) is 0 Å². The standard InChI is InChI=1S/C27H41BN6O10P2/c1-3-45(38,39)27(46(40,41)42)33-24(35)10-7-13-34-14-16-43-28(44-17-15-34)20(2)31-25(36)22(18-21-8-5-4-6-9-21)32-26(37)23-19-29-11-12-30-23/h4-6,8-9,11-12,19-20,22,27H,3,7,10,13-18H2,1-2H3,(H,31,36)(H,32,37)(H,33,35)(H,38,39)(H2,40,41,42)/t20-,22-,27?/m1/s1. The van der Waals surface area contributed by atoms with Crippen molar-refractivity contribution >= 4 is 39.8 Å². The Morgan fingerprint density at radius 3 is 2.28 bits per heavy atom. The van der Waals surface area contributed by atoms with Crippen LogP contribution in [-0.2, 0) is 34.4 Å². The van der Waals surface area contributed by atoms with Gasteiger partial charge in [0.2, 0.25) is 24.7 Å². The van der Waals surface area contributed by atoms with E-state index in [0.29, 0.717) is 26.1 Å². The summed E-state index contributed by atoms with van der Waals surface area (Å²) in [6, 6.07) is 8.35. The first kappa shape index (κ1) is 37.5. The van der Waals surface area contributed by atoms with E-state index in [1.807, 2.05) is 40.5 Å². The van der Waals surface area contributed by atoms with Crippen molar-refractivity contribution in [3.8, 4) is 0 Å². The molecule has 252 valence electrons. The fraction of sp³-hybridized carbons (Fsp3) is 0.519. The summed E-state index contributed by atoms with van der Waals surface area (Å²) in [6.45, 7) is 4.96. The maximum Gasteiger partial charge on any atom is 0.480 e. The number of rotatable bonds is 15. The second-order valence-corrected chi connectivity index (χ2v) is 15.5. The zero-order valence-electron chi connectivity index (χ0n) is 25.7. The molecule has 4 atom stereocenters. The van der Waals surface area contributed by atoms with Crippen LogP contribution in [0, 0.1) is 0 Å². The summed E-state index contributed by atoms with van der Waals surface area (Å²) in [5, 5.41) is 7.66. The number of benzene rings is 1. The minimum Gasteiger partial charge on any atom is -0.408 e. The number of carbonyl (C=O) groups is 3.